The van der Waals surface area contributed by atoms with Crippen molar-refractivity contribution in [1.82, 2.24) is 9.21 Å². The van der Waals surface area contributed by atoms with E-state index in [4.69, 9.17) is 0 Å². The topological polar surface area (TPSA) is 57.7 Å². The summed E-state index contributed by atoms with van der Waals surface area (Å²) >= 11 is 0. The van der Waals surface area contributed by atoms with E-state index in [0.29, 0.717) is 26.1 Å². The van der Waals surface area contributed by atoms with E-state index in [0.717, 1.165) is 43.7 Å². The van der Waals surface area contributed by atoms with Gasteiger partial charge in [-0.2, -0.15) is 4.31 Å². The maximum atomic E-state index is 13.1. The Kier molecular flexibility index (Phi) is 7.68. The van der Waals surface area contributed by atoms with Crippen LogP contribution in [0, 0.1) is 17.7 Å². The summed E-state index contributed by atoms with van der Waals surface area (Å²) in [5.74, 6) is 0.591. The molecule has 1 aromatic carbocycles. The molecule has 1 aliphatic heterocycles. The zero-order chi connectivity index (χ0) is 20.9. The van der Waals surface area contributed by atoms with Crippen LogP contribution < -0.4 is 0 Å². The number of hydrogen-bond acceptors (Lipinski definition) is 3. The summed E-state index contributed by atoms with van der Waals surface area (Å²) in [6.07, 6.45) is 8.58. The number of rotatable bonds is 6. The van der Waals surface area contributed by atoms with Crippen molar-refractivity contribution in [2.45, 2.75) is 63.2 Å². The van der Waals surface area contributed by atoms with E-state index in [-0.39, 0.29) is 23.3 Å². The minimum absolute atomic E-state index is 0.0909. The third-order valence-electron chi connectivity index (χ3n) is 6.38. The Bertz CT molecular complexity index is 774. The monoisotopic (exact) mass is 424 g/mol. The van der Waals surface area contributed by atoms with Gasteiger partial charge in [-0.05, 0) is 62.3 Å². The van der Waals surface area contributed by atoms with Gasteiger partial charge >= 0.3 is 0 Å². The maximum absolute atomic E-state index is 13.1. The van der Waals surface area contributed by atoms with Gasteiger partial charge in [0.15, 0.2) is 0 Å². The molecule has 1 heterocycles. The molecule has 162 valence electrons. The first-order valence-electron chi connectivity index (χ1n) is 11.0. The van der Waals surface area contributed by atoms with Crippen molar-refractivity contribution in [3.8, 4) is 0 Å². The highest BCUT2D eigenvalue weighted by Crippen LogP contribution is 2.33. The first kappa shape index (κ1) is 22.2. The van der Waals surface area contributed by atoms with Gasteiger partial charge in [0.05, 0.1) is 4.90 Å². The van der Waals surface area contributed by atoms with Crippen molar-refractivity contribution < 1.29 is 17.6 Å². The van der Waals surface area contributed by atoms with E-state index >= 15 is 0 Å². The second kappa shape index (κ2) is 10.0. The zero-order valence-electron chi connectivity index (χ0n) is 17.4. The molecule has 2 fully saturated rings. The molecule has 0 atom stereocenters. The van der Waals surface area contributed by atoms with Gasteiger partial charge in [-0.25, -0.2) is 12.8 Å². The molecular weight excluding hydrogens is 391 g/mol. The number of sulfonamides is 1. The SMILES string of the molecule is CCCCC1CCC(C(=O)N2CCCN(S(=O)(=O)c3ccc(F)cc3)CC2)CC1. The second-order valence-corrected chi connectivity index (χ2v) is 10.3. The Labute approximate surface area is 174 Å². The summed E-state index contributed by atoms with van der Waals surface area (Å²) in [7, 11) is -3.66. The highest BCUT2D eigenvalue weighted by molar-refractivity contribution is 7.89. The van der Waals surface area contributed by atoms with Gasteiger partial charge < -0.3 is 4.90 Å². The molecule has 3 rings (SSSR count). The predicted molar refractivity (Wildman–Crippen MR) is 111 cm³/mol. The van der Waals surface area contributed by atoms with Crippen molar-refractivity contribution in [2.24, 2.45) is 11.8 Å². The molecule has 7 heteroatoms. The van der Waals surface area contributed by atoms with Gasteiger partial charge in [-0.3, -0.25) is 4.79 Å². The lowest BCUT2D eigenvalue weighted by atomic mass is 9.79. The molecule has 29 heavy (non-hydrogen) atoms. The highest BCUT2D eigenvalue weighted by Gasteiger charge is 2.32. The molecule has 0 spiro atoms. The third-order valence-corrected chi connectivity index (χ3v) is 8.29. The minimum atomic E-state index is -3.66. The molecule has 1 amide bonds. The van der Waals surface area contributed by atoms with Gasteiger partial charge in [-0.1, -0.05) is 26.2 Å². The largest absolute Gasteiger partial charge is 0.341 e. The van der Waals surface area contributed by atoms with E-state index in [9.17, 15) is 17.6 Å². The lowest BCUT2D eigenvalue weighted by Crippen LogP contribution is -2.41. The van der Waals surface area contributed by atoms with Crippen molar-refractivity contribution in [1.29, 1.82) is 0 Å². The van der Waals surface area contributed by atoms with Gasteiger partial charge in [0.25, 0.3) is 0 Å². The fourth-order valence-electron chi connectivity index (χ4n) is 4.56. The van der Waals surface area contributed by atoms with Crippen LogP contribution in [0.2, 0.25) is 0 Å². The van der Waals surface area contributed by atoms with Gasteiger partial charge in [0.2, 0.25) is 15.9 Å². The molecule has 0 bridgehead atoms. The third kappa shape index (κ3) is 5.57. The lowest BCUT2D eigenvalue weighted by Gasteiger charge is -2.31. The Morgan fingerprint density at radius 1 is 1.03 bits per heavy atom. The van der Waals surface area contributed by atoms with Crippen LogP contribution in [-0.2, 0) is 14.8 Å². The van der Waals surface area contributed by atoms with Crippen LogP contribution in [0.3, 0.4) is 0 Å². The van der Waals surface area contributed by atoms with E-state index in [1.165, 1.54) is 35.7 Å². The van der Waals surface area contributed by atoms with Crippen LogP contribution in [0.4, 0.5) is 4.39 Å². The van der Waals surface area contributed by atoms with E-state index in [1.54, 1.807) is 0 Å². The average molecular weight is 425 g/mol. The molecule has 1 aliphatic carbocycles. The minimum Gasteiger partial charge on any atom is -0.341 e. The quantitative estimate of drug-likeness (QED) is 0.692. The number of carbonyl (C=O) groups is 1. The van der Waals surface area contributed by atoms with Crippen molar-refractivity contribution in [3.05, 3.63) is 30.1 Å². The molecule has 5 nitrogen and oxygen atoms in total. The fraction of sp³-hybridized carbons (Fsp3) is 0.682. The van der Waals surface area contributed by atoms with Crippen LogP contribution in [0.1, 0.15) is 58.3 Å². The van der Waals surface area contributed by atoms with Crippen LogP contribution >= 0.6 is 0 Å². The van der Waals surface area contributed by atoms with Crippen LogP contribution in [0.25, 0.3) is 0 Å². The summed E-state index contributed by atoms with van der Waals surface area (Å²) in [6.45, 7) is 3.91. The van der Waals surface area contributed by atoms with Gasteiger partial charge in [-0.15, -0.1) is 0 Å². The zero-order valence-corrected chi connectivity index (χ0v) is 18.2. The van der Waals surface area contributed by atoms with Crippen molar-refractivity contribution >= 4 is 15.9 Å². The summed E-state index contributed by atoms with van der Waals surface area (Å²) in [5.41, 5.74) is 0. The molecule has 2 aliphatic rings. The normalized spacial score (nSPS) is 24.3. The van der Waals surface area contributed by atoms with Crippen LogP contribution in [0.15, 0.2) is 29.2 Å². The summed E-state index contributed by atoms with van der Waals surface area (Å²) in [6, 6.07) is 4.93. The summed E-state index contributed by atoms with van der Waals surface area (Å²) in [5, 5.41) is 0. The van der Waals surface area contributed by atoms with Gasteiger partial charge in [0.1, 0.15) is 5.82 Å². The average Bonchev–Trinajstić information content (AvgIpc) is 2.99. The standard InChI is InChI=1S/C22H33FN2O3S/c1-2-3-5-18-6-8-19(9-7-18)22(26)24-14-4-15-25(17-16-24)29(27,28)21-12-10-20(23)11-13-21/h10-13,18-19H,2-9,14-17H2,1H3. The number of amides is 1. The maximum Gasteiger partial charge on any atom is 0.243 e. The molecular formula is C22H33FN2O3S. The fourth-order valence-corrected chi connectivity index (χ4v) is 6.03. The molecule has 0 unspecified atom stereocenters. The van der Waals surface area contributed by atoms with E-state index < -0.39 is 15.8 Å². The Morgan fingerprint density at radius 2 is 1.72 bits per heavy atom. The summed E-state index contributed by atoms with van der Waals surface area (Å²) < 4.78 is 40.3. The molecule has 0 aromatic heterocycles. The Balaban J connectivity index is 1.56. The molecule has 0 radical (unpaired) electrons. The van der Waals surface area contributed by atoms with Crippen molar-refractivity contribution in [3.63, 3.8) is 0 Å². The predicted octanol–water partition coefficient (Wildman–Crippen LogP) is 4.05. The number of carbonyl (C=O) groups excluding carboxylic acids is 1. The number of unbranched alkanes of at least 4 members (excludes halogenated alkanes) is 1. The molecule has 1 saturated carbocycles. The highest BCUT2D eigenvalue weighted by atomic mass is 32.2. The smallest absolute Gasteiger partial charge is 0.243 e. The van der Waals surface area contributed by atoms with Crippen molar-refractivity contribution in [2.75, 3.05) is 26.2 Å². The molecule has 0 N–H and O–H groups in total. The Morgan fingerprint density at radius 3 is 2.38 bits per heavy atom. The number of hydrogen-bond donors (Lipinski definition) is 0. The first-order chi connectivity index (χ1) is 13.9. The van der Waals surface area contributed by atoms with E-state index in [2.05, 4.69) is 6.92 Å². The second-order valence-electron chi connectivity index (χ2n) is 8.40. The Hall–Kier alpha value is -1.47. The molecule has 1 aromatic rings. The van der Waals surface area contributed by atoms with Crippen LogP contribution in [0.5, 0.6) is 0 Å². The number of benzene rings is 1. The summed E-state index contributed by atoms with van der Waals surface area (Å²) in [4.78, 5) is 15.0. The lowest BCUT2D eigenvalue weighted by molar-refractivity contribution is -0.136. The van der Waals surface area contributed by atoms with Gasteiger partial charge in [0, 0.05) is 32.1 Å². The van der Waals surface area contributed by atoms with Crippen LogP contribution in [-0.4, -0.2) is 49.7 Å². The van der Waals surface area contributed by atoms with E-state index in [1.807, 2.05) is 4.90 Å². The number of nitrogens with zero attached hydrogens (tertiary/aromatic N) is 2. The number of halogens is 1. The molecule has 1 saturated heterocycles. The first-order valence-corrected chi connectivity index (χ1v) is 12.4.